The van der Waals surface area contributed by atoms with E-state index in [0.717, 1.165) is 26.6 Å². The van der Waals surface area contributed by atoms with Crippen LogP contribution in [0.15, 0.2) is 65.1 Å². The molecule has 4 nitrogen and oxygen atoms in total. The summed E-state index contributed by atoms with van der Waals surface area (Å²) in [4.78, 5) is 13.1. The van der Waals surface area contributed by atoms with Crippen LogP contribution in [0.3, 0.4) is 0 Å². The lowest BCUT2D eigenvalue weighted by molar-refractivity contribution is -0.126. The van der Waals surface area contributed by atoms with Crippen LogP contribution >= 0.6 is 0 Å². The highest BCUT2D eigenvalue weighted by Gasteiger charge is 2.54. The number of fused-ring (bicyclic) bond motifs is 1. The van der Waals surface area contributed by atoms with Crippen molar-refractivity contribution >= 4 is 21.5 Å². The third kappa shape index (κ3) is 2.34. The number of hydrogen-bond donors (Lipinski definition) is 0. The van der Waals surface area contributed by atoms with E-state index in [1.54, 1.807) is 24.3 Å². The maximum absolute atomic E-state index is 12.9. The van der Waals surface area contributed by atoms with Crippen molar-refractivity contribution in [1.82, 2.24) is 4.31 Å². The fourth-order valence-electron chi connectivity index (χ4n) is 3.84. The molecule has 1 amide bonds. The Balaban J connectivity index is 1.67. The SMILES string of the molecule is CC1=C(c2ccccc2)C2C(=O)N(S(=O)(=O)c3ccc(C)cc3)CC12. The van der Waals surface area contributed by atoms with Gasteiger partial charge in [-0.05, 0) is 37.1 Å². The lowest BCUT2D eigenvalue weighted by Crippen LogP contribution is -2.34. The minimum Gasteiger partial charge on any atom is -0.273 e. The lowest BCUT2D eigenvalue weighted by atomic mass is 9.68. The fraction of sp³-hybridized carbons (Fsp3) is 0.250. The molecule has 128 valence electrons. The van der Waals surface area contributed by atoms with Crippen molar-refractivity contribution in [2.24, 2.45) is 11.8 Å². The smallest absolute Gasteiger partial charge is 0.266 e. The maximum Gasteiger partial charge on any atom is 0.266 e. The first-order valence-corrected chi connectivity index (χ1v) is 9.74. The van der Waals surface area contributed by atoms with Crippen molar-refractivity contribution in [2.75, 3.05) is 6.54 Å². The fourth-order valence-corrected chi connectivity index (χ4v) is 5.28. The van der Waals surface area contributed by atoms with E-state index in [2.05, 4.69) is 0 Å². The second-order valence-corrected chi connectivity index (χ2v) is 8.60. The van der Waals surface area contributed by atoms with Gasteiger partial charge in [-0.3, -0.25) is 4.79 Å². The zero-order chi connectivity index (χ0) is 17.8. The number of sulfonamides is 1. The molecule has 1 saturated heterocycles. The summed E-state index contributed by atoms with van der Waals surface area (Å²) in [7, 11) is -3.80. The first-order valence-electron chi connectivity index (χ1n) is 8.30. The van der Waals surface area contributed by atoms with Crippen molar-refractivity contribution < 1.29 is 13.2 Å². The molecule has 0 N–H and O–H groups in total. The van der Waals surface area contributed by atoms with E-state index in [9.17, 15) is 13.2 Å². The van der Waals surface area contributed by atoms with E-state index >= 15 is 0 Å². The number of carbonyl (C=O) groups excluding carboxylic acids is 1. The number of amides is 1. The third-order valence-electron chi connectivity index (χ3n) is 5.26. The van der Waals surface area contributed by atoms with E-state index in [0.29, 0.717) is 0 Å². The molecule has 0 spiro atoms. The van der Waals surface area contributed by atoms with Crippen LogP contribution < -0.4 is 0 Å². The van der Waals surface area contributed by atoms with Gasteiger partial charge < -0.3 is 0 Å². The molecule has 1 aliphatic carbocycles. The Morgan fingerprint density at radius 3 is 2.24 bits per heavy atom. The Morgan fingerprint density at radius 2 is 1.60 bits per heavy atom. The monoisotopic (exact) mass is 353 g/mol. The van der Waals surface area contributed by atoms with Crippen molar-refractivity contribution in [3.05, 3.63) is 71.3 Å². The standard InChI is InChI=1S/C20H19NO3S/c1-13-8-10-16(11-9-13)25(23,24)21-12-17-14(2)18(19(17)20(21)22)15-6-4-3-5-7-15/h3-11,17,19H,12H2,1-2H3. The number of benzene rings is 2. The zero-order valence-electron chi connectivity index (χ0n) is 14.1. The number of carbonyl (C=O) groups is 1. The number of aryl methyl sites for hydroxylation is 1. The van der Waals surface area contributed by atoms with Crippen LogP contribution in [0.5, 0.6) is 0 Å². The van der Waals surface area contributed by atoms with Crippen LogP contribution in [-0.4, -0.2) is 25.2 Å². The van der Waals surface area contributed by atoms with Crippen LogP contribution in [0.2, 0.25) is 0 Å². The van der Waals surface area contributed by atoms with E-state index < -0.39 is 10.0 Å². The summed E-state index contributed by atoms with van der Waals surface area (Å²) < 4.78 is 26.9. The van der Waals surface area contributed by atoms with Crippen LogP contribution in [0.25, 0.3) is 5.57 Å². The van der Waals surface area contributed by atoms with Gasteiger partial charge in [-0.25, -0.2) is 12.7 Å². The zero-order valence-corrected chi connectivity index (χ0v) is 15.0. The molecule has 4 rings (SSSR count). The molecular weight excluding hydrogens is 334 g/mol. The minimum absolute atomic E-state index is 0.0112. The summed E-state index contributed by atoms with van der Waals surface area (Å²) in [6.45, 7) is 4.14. The lowest BCUT2D eigenvalue weighted by Gasteiger charge is -2.33. The number of rotatable bonds is 3. The van der Waals surface area contributed by atoms with Gasteiger partial charge in [0.05, 0.1) is 10.8 Å². The summed E-state index contributed by atoms with van der Waals surface area (Å²) >= 11 is 0. The number of hydrogen-bond acceptors (Lipinski definition) is 3. The summed E-state index contributed by atoms with van der Waals surface area (Å²) in [6.07, 6.45) is 0. The molecule has 2 aliphatic rings. The highest BCUT2D eigenvalue weighted by atomic mass is 32.2. The molecule has 1 heterocycles. The van der Waals surface area contributed by atoms with Gasteiger partial charge in [0, 0.05) is 12.5 Å². The van der Waals surface area contributed by atoms with E-state index in [4.69, 9.17) is 0 Å². The van der Waals surface area contributed by atoms with Gasteiger partial charge in [0.2, 0.25) is 5.91 Å². The molecule has 1 aliphatic heterocycles. The van der Waals surface area contributed by atoms with Crippen LogP contribution in [0.1, 0.15) is 18.1 Å². The summed E-state index contributed by atoms with van der Waals surface area (Å²) in [5, 5.41) is 0. The molecule has 2 unspecified atom stereocenters. The summed E-state index contributed by atoms with van der Waals surface area (Å²) in [5.41, 5.74) is 4.09. The topological polar surface area (TPSA) is 54.5 Å². The summed E-state index contributed by atoms with van der Waals surface area (Å²) in [5.74, 6) is -0.666. The average Bonchev–Trinajstić information content (AvgIpc) is 2.90. The van der Waals surface area contributed by atoms with Gasteiger partial charge >= 0.3 is 0 Å². The molecule has 0 aromatic heterocycles. The van der Waals surface area contributed by atoms with Crippen LogP contribution in [0.4, 0.5) is 0 Å². The van der Waals surface area contributed by atoms with Gasteiger partial charge in [0.1, 0.15) is 0 Å². The van der Waals surface area contributed by atoms with Crippen molar-refractivity contribution in [3.8, 4) is 0 Å². The Morgan fingerprint density at radius 1 is 0.960 bits per heavy atom. The van der Waals surface area contributed by atoms with Gasteiger partial charge in [0.25, 0.3) is 10.0 Å². The number of nitrogens with zero attached hydrogens (tertiary/aromatic N) is 1. The molecule has 5 heteroatoms. The predicted octanol–water partition coefficient (Wildman–Crippen LogP) is 3.25. The highest BCUT2D eigenvalue weighted by molar-refractivity contribution is 7.89. The van der Waals surface area contributed by atoms with E-state index in [1.165, 1.54) is 0 Å². The summed E-state index contributed by atoms with van der Waals surface area (Å²) in [6, 6.07) is 16.4. The van der Waals surface area contributed by atoms with Gasteiger partial charge in [-0.15, -0.1) is 0 Å². The Labute approximate surface area is 147 Å². The molecule has 2 aromatic carbocycles. The first kappa shape index (κ1) is 16.1. The third-order valence-corrected chi connectivity index (χ3v) is 7.04. The molecular formula is C20H19NO3S. The largest absolute Gasteiger partial charge is 0.273 e. The minimum atomic E-state index is -3.80. The van der Waals surface area contributed by atoms with E-state index in [-0.39, 0.29) is 29.2 Å². The molecule has 2 aromatic rings. The van der Waals surface area contributed by atoms with Crippen molar-refractivity contribution in [3.63, 3.8) is 0 Å². The second-order valence-electron chi connectivity index (χ2n) is 6.73. The Hall–Kier alpha value is -2.40. The highest BCUT2D eigenvalue weighted by Crippen LogP contribution is 2.52. The molecule has 2 atom stereocenters. The second kappa shape index (κ2) is 5.56. The quantitative estimate of drug-likeness (QED) is 0.851. The van der Waals surface area contributed by atoms with Gasteiger partial charge in [-0.1, -0.05) is 53.6 Å². The van der Waals surface area contributed by atoms with E-state index in [1.807, 2.05) is 44.2 Å². The average molecular weight is 353 g/mol. The van der Waals surface area contributed by atoms with Crippen LogP contribution in [0, 0.1) is 18.8 Å². The molecule has 0 saturated carbocycles. The van der Waals surface area contributed by atoms with Gasteiger partial charge in [-0.2, -0.15) is 0 Å². The van der Waals surface area contributed by atoms with Crippen molar-refractivity contribution in [2.45, 2.75) is 18.7 Å². The first-order chi connectivity index (χ1) is 11.9. The molecule has 0 radical (unpaired) electrons. The molecule has 25 heavy (non-hydrogen) atoms. The van der Waals surface area contributed by atoms with Crippen molar-refractivity contribution in [1.29, 1.82) is 0 Å². The normalized spacial score (nSPS) is 22.8. The van der Waals surface area contributed by atoms with Gasteiger partial charge in [0.15, 0.2) is 0 Å². The Kier molecular flexibility index (Phi) is 3.58. The molecule has 0 bridgehead atoms. The molecule has 1 fully saturated rings. The Bertz CT molecular complexity index is 975. The predicted molar refractivity (Wildman–Crippen MR) is 96.1 cm³/mol. The maximum atomic E-state index is 12.9. The van der Waals surface area contributed by atoms with Crippen LogP contribution in [-0.2, 0) is 14.8 Å².